The SMILES string of the molecule is CC1CCCC(CO)(NCc2sc3ccccc3c2Cl)C1. The van der Waals surface area contributed by atoms with E-state index in [-0.39, 0.29) is 12.1 Å². The van der Waals surface area contributed by atoms with Crippen LogP contribution in [-0.2, 0) is 6.54 Å². The zero-order valence-corrected chi connectivity index (χ0v) is 13.9. The van der Waals surface area contributed by atoms with Gasteiger partial charge in [-0.2, -0.15) is 0 Å². The van der Waals surface area contributed by atoms with Crippen molar-refractivity contribution in [2.45, 2.75) is 44.7 Å². The topological polar surface area (TPSA) is 32.3 Å². The van der Waals surface area contributed by atoms with Crippen molar-refractivity contribution in [1.29, 1.82) is 0 Å². The Labute approximate surface area is 135 Å². The molecule has 1 saturated carbocycles. The molecular weight excluding hydrogens is 302 g/mol. The molecule has 2 nitrogen and oxygen atoms in total. The molecule has 2 atom stereocenters. The lowest BCUT2D eigenvalue weighted by Crippen LogP contribution is -2.50. The van der Waals surface area contributed by atoms with Gasteiger partial charge in [0.15, 0.2) is 0 Å². The van der Waals surface area contributed by atoms with Crippen molar-refractivity contribution < 1.29 is 5.11 Å². The molecule has 114 valence electrons. The highest BCUT2D eigenvalue weighted by atomic mass is 35.5. The van der Waals surface area contributed by atoms with Gasteiger partial charge < -0.3 is 10.4 Å². The van der Waals surface area contributed by atoms with Gasteiger partial charge in [0.25, 0.3) is 0 Å². The molecule has 4 heteroatoms. The van der Waals surface area contributed by atoms with Gasteiger partial charge in [-0.3, -0.25) is 0 Å². The second-order valence-corrected chi connectivity index (χ2v) is 7.84. The Kier molecular flexibility index (Phi) is 4.55. The summed E-state index contributed by atoms with van der Waals surface area (Å²) in [6.07, 6.45) is 4.56. The Morgan fingerprint density at radius 1 is 1.43 bits per heavy atom. The third-order valence-corrected chi connectivity index (χ3v) is 6.33. The lowest BCUT2D eigenvalue weighted by atomic mass is 9.77. The molecule has 2 N–H and O–H groups in total. The van der Waals surface area contributed by atoms with E-state index in [2.05, 4.69) is 24.4 Å². The summed E-state index contributed by atoms with van der Waals surface area (Å²) in [6, 6.07) is 8.25. The van der Waals surface area contributed by atoms with Gasteiger partial charge in [-0.15, -0.1) is 11.3 Å². The number of rotatable bonds is 4. The number of hydrogen-bond acceptors (Lipinski definition) is 3. The Hall–Kier alpha value is -0.610. The van der Waals surface area contributed by atoms with Crippen LogP contribution in [0.3, 0.4) is 0 Å². The largest absolute Gasteiger partial charge is 0.394 e. The molecular formula is C17H22ClNOS. The van der Waals surface area contributed by atoms with Crippen LogP contribution in [0.1, 0.15) is 37.5 Å². The van der Waals surface area contributed by atoms with Gasteiger partial charge in [-0.25, -0.2) is 0 Å². The van der Waals surface area contributed by atoms with Gasteiger partial charge in [0.05, 0.1) is 11.6 Å². The van der Waals surface area contributed by atoms with E-state index in [0.29, 0.717) is 5.92 Å². The van der Waals surface area contributed by atoms with E-state index in [0.717, 1.165) is 29.8 Å². The molecule has 1 aliphatic rings. The van der Waals surface area contributed by atoms with E-state index in [1.807, 2.05) is 12.1 Å². The lowest BCUT2D eigenvalue weighted by molar-refractivity contribution is 0.0985. The molecule has 2 unspecified atom stereocenters. The second kappa shape index (κ2) is 6.25. The number of aliphatic hydroxyl groups is 1. The number of thiophene rings is 1. The van der Waals surface area contributed by atoms with Crippen molar-refractivity contribution in [2.24, 2.45) is 5.92 Å². The Balaban J connectivity index is 1.77. The number of fused-ring (bicyclic) bond motifs is 1. The van der Waals surface area contributed by atoms with Crippen LogP contribution in [0.5, 0.6) is 0 Å². The molecule has 1 heterocycles. The summed E-state index contributed by atoms with van der Waals surface area (Å²) in [5.41, 5.74) is -0.128. The summed E-state index contributed by atoms with van der Waals surface area (Å²) in [4.78, 5) is 1.17. The maximum atomic E-state index is 9.85. The van der Waals surface area contributed by atoms with Gasteiger partial charge in [0.2, 0.25) is 0 Å². The number of aliphatic hydroxyl groups excluding tert-OH is 1. The molecule has 0 saturated heterocycles. The average molecular weight is 324 g/mol. The summed E-state index contributed by atoms with van der Waals surface area (Å²) in [7, 11) is 0. The Morgan fingerprint density at radius 3 is 2.95 bits per heavy atom. The minimum atomic E-state index is -0.128. The molecule has 0 bridgehead atoms. The van der Waals surface area contributed by atoms with Crippen molar-refractivity contribution in [3.63, 3.8) is 0 Å². The van der Waals surface area contributed by atoms with E-state index in [1.165, 1.54) is 22.4 Å². The third-order valence-electron chi connectivity index (χ3n) is 4.62. The standard InChI is InChI=1S/C17H22ClNOS/c1-12-5-4-8-17(9-12,11-20)19-10-15-16(18)13-6-2-3-7-14(13)21-15/h2-3,6-7,12,19-20H,4-5,8-11H2,1H3. The molecule has 21 heavy (non-hydrogen) atoms. The van der Waals surface area contributed by atoms with Gasteiger partial charge in [0.1, 0.15) is 0 Å². The van der Waals surface area contributed by atoms with E-state index < -0.39 is 0 Å². The highest BCUT2D eigenvalue weighted by molar-refractivity contribution is 7.19. The summed E-state index contributed by atoms with van der Waals surface area (Å²) < 4.78 is 1.23. The van der Waals surface area contributed by atoms with Crippen molar-refractivity contribution in [3.05, 3.63) is 34.2 Å². The fraction of sp³-hybridized carbons (Fsp3) is 0.529. The maximum Gasteiger partial charge on any atom is 0.0636 e. The van der Waals surface area contributed by atoms with Gasteiger partial charge in [-0.1, -0.05) is 49.6 Å². The zero-order valence-electron chi connectivity index (χ0n) is 12.4. The maximum absolute atomic E-state index is 9.85. The number of nitrogens with one attached hydrogen (secondary N) is 1. The summed E-state index contributed by atoms with van der Waals surface area (Å²) in [6.45, 7) is 3.23. The monoisotopic (exact) mass is 323 g/mol. The first-order valence-electron chi connectivity index (χ1n) is 7.65. The van der Waals surface area contributed by atoms with E-state index in [9.17, 15) is 5.11 Å². The first-order chi connectivity index (χ1) is 10.1. The van der Waals surface area contributed by atoms with Crippen LogP contribution in [0.15, 0.2) is 24.3 Å². The van der Waals surface area contributed by atoms with Crippen LogP contribution in [0.25, 0.3) is 10.1 Å². The van der Waals surface area contributed by atoms with E-state index >= 15 is 0 Å². The third kappa shape index (κ3) is 3.11. The van der Waals surface area contributed by atoms with Crippen LogP contribution in [0, 0.1) is 5.92 Å². The smallest absolute Gasteiger partial charge is 0.0636 e. The predicted octanol–water partition coefficient (Wildman–Crippen LogP) is 4.59. The molecule has 0 aliphatic heterocycles. The summed E-state index contributed by atoms with van der Waals surface area (Å²) >= 11 is 8.25. The molecule has 0 radical (unpaired) electrons. The minimum Gasteiger partial charge on any atom is -0.394 e. The molecule has 0 spiro atoms. The van der Waals surface area contributed by atoms with E-state index in [4.69, 9.17) is 11.6 Å². The van der Waals surface area contributed by atoms with Crippen molar-refractivity contribution in [3.8, 4) is 0 Å². The first kappa shape index (κ1) is 15.3. The molecule has 1 aliphatic carbocycles. The number of halogens is 1. The van der Waals surface area contributed by atoms with Crippen LogP contribution in [0.4, 0.5) is 0 Å². The fourth-order valence-electron chi connectivity index (χ4n) is 3.47. The first-order valence-corrected chi connectivity index (χ1v) is 8.85. The fourth-order valence-corrected chi connectivity index (χ4v) is 4.91. The predicted molar refractivity (Wildman–Crippen MR) is 91.1 cm³/mol. The average Bonchev–Trinajstić information content (AvgIpc) is 2.82. The van der Waals surface area contributed by atoms with E-state index in [1.54, 1.807) is 11.3 Å². The quantitative estimate of drug-likeness (QED) is 0.862. The molecule has 3 rings (SSSR count). The minimum absolute atomic E-state index is 0.128. The summed E-state index contributed by atoms with van der Waals surface area (Å²) in [5.74, 6) is 0.677. The van der Waals surface area contributed by atoms with Crippen LogP contribution in [-0.4, -0.2) is 17.3 Å². The Bertz CT molecular complexity index is 626. The number of hydrogen-bond donors (Lipinski definition) is 2. The van der Waals surface area contributed by atoms with Crippen molar-refractivity contribution >= 4 is 33.0 Å². The highest BCUT2D eigenvalue weighted by Crippen LogP contribution is 2.37. The zero-order chi connectivity index (χ0) is 14.9. The van der Waals surface area contributed by atoms with Crippen LogP contribution < -0.4 is 5.32 Å². The Morgan fingerprint density at radius 2 is 2.24 bits per heavy atom. The van der Waals surface area contributed by atoms with Crippen LogP contribution >= 0.6 is 22.9 Å². The number of benzene rings is 1. The van der Waals surface area contributed by atoms with Gasteiger partial charge in [0, 0.05) is 27.0 Å². The molecule has 1 aromatic carbocycles. The van der Waals surface area contributed by atoms with Crippen LogP contribution in [0.2, 0.25) is 5.02 Å². The molecule has 0 amide bonds. The molecule has 1 aromatic heterocycles. The second-order valence-electron chi connectivity index (χ2n) is 6.33. The van der Waals surface area contributed by atoms with Gasteiger partial charge >= 0.3 is 0 Å². The lowest BCUT2D eigenvalue weighted by Gasteiger charge is -2.39. The highest BCUT2D eigenvalue weighted by Gasteiger charge is 2.34. The summed E-state index contributed by atoms with van der Waals surface area (Å²) in [5, 5.41) is 15.5. The molecule has 1 fully saturated rings. The molecule has 2 aromatic rings. The van der Waals surface area contributed by atoms with Gasteiger partial charge in [-0.05, 0) is 24.8 Å². The van der Waals surface area contributed by atoms with Crippen molar-refractivity contribution in [1.82, 2.24) is 5.32 Å². The normalized spacial score (nSPS) is 26.3. The van der Waals surface area contributed by atoms with Crippen molar-refractivity contribution in [2.75, 3.05) is 6.61 Å².